The van der Waals surface area contributed by atoms with Gasteiger partial charge in [0.2, 0.25) is 0 Å². The standard InChI is InChI=1S/C10H11ClO5/c1-15-5-3-6(8(12)10(13)14)9(16-2)7(11)4-5/h3-4,8,12H,1-2H3,(H,13,14). The third kappa shape index (κ3) is 2.37. The summed E-state index contributed by atoms with van der Waals surface area (Å²) in [5.41, 5.74) is 0.0550. The first-order chi connectivity index (χ1) is 7.51. The number of aliphatic hydroxyl groups is 1. The van der Waals surface area contributed by atoms with Crippen molar-refractivity contribution < 1.29 is 24.5 Å². The van der Waals surface area contributed by atoms with E-state index < -0.39 is 12.1 Å². The maximum atomic E-state index is 10.7. The van der Waals surface area contributed by atoms with E-state index in [2.05, 4.69) is 0 Å². The Morgan fingerprint density at radius 3 is 2.44 bits per heavy atom. The second kappa shape index (κ2) is 5.05. The van der Waals surface area contributed by atoms with E-state index in [1.165, 1.54) is 26.4 Å². The lowest BCUT2D eigenvalue weighted by Gasteiger charge is -2.14. The molecule has 88 valence electrons. The molecule has 0 radical (unpaired) electrons. The highest BCUT2D eigenvalue weighted by atomic mass is 35.5. The molecule has 1 atom stereocenters. The van der Waals surface area contributed by atoms with E-state index in [0.29, 0.717) is 5.75 Å². The molecule has 0 spiro atoms. The molecule has 0 aliphatic heterocycles. The van der Waals surface area contributed by atoms with Gasteiger partial charge in [-0.05, 0) is 6.07 Å². The molecule has 16 heavy (non-hydrogen) atoms. The van der Waals surface area contributed by atoms with Crippen LogP contribution in [0.2, 0.25) is 5.02 Å². The van der Waals surface area contributed by atoms with E-state index >= 15 is 0 Å². The number of carboxylic acids is 1. The molecule has 1 rings (SSSR count). The molecule has 1 aromatic carbocycles. The number of aliphatic carboxylic acids is 1. The highest BCUT2D eigenvalue weighted by Crippen LogP contribution is 2.36. The zero-order valence-electron chi connectivity index (χ0n) is 8.73. The van der Waals surface area contributed by atoms with Crippen LogP contribution in [0.3, 0.4) is 0 Å². The molecule has 0 aromatic heterocycles. The van der Waals surface area contributed by atoms with Gasteiger partial charge in [-0.1, -0.05) is 11.6 Å². The Hall–Kier alpha value is -1.46. The van der Waals surface area contributed by atoms with Gasteiger partial charge in [0.1, 0.15) is 11.5 Å². The van der Waals surface area contributed by atoms with Crippen LogP contribution in [-0.2, 0) is 4.79 Å². The molecule has 0 saturated carbocycles. The van der Waals surface area contributed by atoms with Crippen molar-refractivity contribution in [1.82, 2.24) is 0 Å². The average Bonchev–Trinajstić information content (AvgIpc) is 2.26. The molecule has 1 unspecified atom stereocenters. The number of rotatable bonds is 4. The van der Waals surface area contributed by atoms with E-state index in [0.717, 1.165) is 0 Å². The topological polar surface area (TPSA) is 76.0 Å². The summed E-state index contributed by atoms with van der Waals surface area (Å²) in [7, 11) is 2.75. The van der Waals surface area contributed by atoms with Gasteiger partial charge < -0.3 is 19.7 Å². The van der Waals surface area contributed by atoms with Gasteiger partial charge in [0, 0.05) is 11.6 Å². The van der Waals surface area contributed by atoms with Gasteiger partial charge in [0.25, 0.3) is 0 Å². The smallest absolute Gasteiger partial charge is 0.337 e. The maximum absolute atomic E-state index is 10.7. The van der Waals surface area contributed by atoms with Crippen molar-refractivity contribution in [3.63, 3.8) is 0 Å². The van der Waals surface area contributed by atoms with Crippen LogP contribution >= 0.6 is 11.6 Å². The summed E-state index contributed by atoms with van der Waals surface area (Å²) in [5.74, 6) is -0.916. The number of hydrogen-bond acceptors (Lipinski definition) is 4. The van der Waals surface area contributed by atoms with Gasteiger partial charge in [-0.3, -0.25) is 0 Å². The molecule has 1 aromatic rings. The molecule has 5 nitrogen and oxygen atoms in total. The first-order valence-corrected chi connectivity index (χ1v) is 4.71. The van der Waals surface area contributed by atoms with Crippen LogP contribution in [0, 0.1) is 0 Å². The van der Waals surface area contributed by atoms with Crippen molar-refractivity contribution >= 4 is 17.6 Å². The largest absolute Gasteiger partial charge is 0.497 e. The predicted molar refractivity (Wildman–Crippen MR) is 57.2 cm³/mol. The normalized spacial score (nSPS) is 12.0. The Balaban J connectivity index is 3.33. The van der Waals surface area contributed by atoms with Crippen LogP contribution in [0.4, 0.5) is 0 Å². The van der Waals surface area contributed by atoms with E-state index in [4.69, 9.17) is 26.2 Å². The molecule has 0 amide bonds. The molecule has 0 saturated heterocycles. The summed E-state index contributed by atoms with van der Waals surface area (Å²) in [4.78, 5) is 10.7. The quantitative estimate of drug-likeness (QED) is 0.842. The van der Waals surface area contributed by atoms with E-state index in [1.807, 2.05) is 0 Å². The molecule has 0 fully saturated rings. The molecule has 0 aliphatic rings. The first kappa shape index (κ1) is 12.6. The molecular formula is C10H11ClO5. The molecule has 0 aliphatic carbocycles. The summed E-state index contributed by atoms with van der Waals surface area (Å²) < 4.78 is 9.86. The number of ether oxygens (including phenoxy) is 2. The number of benzene rings is 1. The van der Waals surface area contributed by atoms with Crippen molar-refractivity contribution in [2.45, 2.75) is 6.10 Å². The Morgan fingerprint density at radius 1 is 1.38 bits per heavy atom. The molecule has 2 N–H and O–H groups in total. The lowest BCUT2D eigenvalue weighted by molar-refractivity contribution is -0.147. The number of halogens is 1. The van der Waals surface area contributed by atoms with Gasteiger partial charge in [-0.15, -0.1) is 0 Å². The summed E-state index contributed by atoms with van der Waals surface area (Å²) in [6.07, 6.45) is -1.71. The van der Waals surface area contributed by atoms with Gasteiger partial charge in [-0.25, -0.2) is 4.79 Å². The van der Waals surface area contributed by atoms with Crippen molar-refractivity contribution in [2.24, 2.45) is 0 Å². The summed E-state index contributed by atoms with van der Waals surface area (Å²) >= 11 is 5.85. The minimum Gasteiger partial charge on any atom is -0.497 e. The minimum atomic E-state index is -1.71. The van der Waals surface area contributed by atoms with E-state index in [1.54, 1.807) is 0 Å². The summed E-state index contributed by atoms with van der Waals surface area (Å²) in [6.45, 7) is 0. The second-order valence-electron chi connectivity index (χ2n) is 2.97. The second-order valence-corrected chi connectivity index (χ2v) is 3.38. The van der Waals surface area contributed by atoms with Gasteiger partial charge in [0.15, 0.2) is 6.10 Å². The fraction of sp³-hybridized carbons (Fsp3) is 0.300. The molecular weight excluding hydrogens is 236 g/mol. The average molecular weight is 247 g/mol. The Labute approximate surface area is 97.2 Å². The predicted octanol–water partition coefficient (Wildman–Crippen LogP) is 1.48. The first-order valence-electron chi connectivity index (χ1n) is 4.33. The minimum absolute atomic E-state index is 0.0550. The van der Waals surface area contributed by atoms with E-state index in [9.17, 15) is 9.90 Å². The monoisotopic (exact) mass is 246 g/mol. The third-order valence-corrected chi connectivity index (χ3v) is 2.29. The number of carboxylic acid groups (broad SMARTS) is 1. The number of methoxy groups -OCH3 is 2. The Morgan fingerprint density at radius 2 is 2.00 bits per heavy atom. The van der Waals surface area contributed by atoms with Gasteiger partial charge in [-0.2, -0.15) is 0 Å². The highest BCUT2D eigenvalue weighted by Gasteiger charge is 2.23. The molecule has 0 bridgehead atoms. The van der Waals surface area contributed by atoms with Gasteiger partial charge >= 0.3 is 5.97 Å². The van der Waals surface area contributed by atoms with Crippen LogP contribution in [0.5, 0.6) is 11.5 Å². The number of hydrogen-bond donors (Lipinski definition) is 2. The van der Waals surface area contributed by atoms with Crippen molar-refractivity contribution in [2.75, 3.05) is 14.2 Å². The van der Waals surface area contributed by atoms with Crippen LogP contribution < -0.4 is 9.47 Å². The zero-order chi connectivity index (χ0) is 12.3. The van der Waals surface area contributed by atoms with Crippen LogP contribution in [0.25, 0.3) is 0 Å². The SMILES string of the molecule is COc1cc(Cl)c(OC)c(C(O)C(=O)O)c1. The van der Waals surface area contributed by atoms with E-state index in [-0.39, 0.29) is 16.3 Å². The van der Waals surface area contributed by atoms with Gasteiger partial charge in [0.05, 0.1) is 19.2 Å². The summed E-state index contributed by atoms with van der Waals surface area (Å²) in [6, 6.07) is 2.84. The fourth-order valence-corrected chi connectivity index (χ4v) is 1.55. The zero-order valence-corrected chi connectivity index (χ0v) is 9.49. The lowest BCUT2D eigenvalue weighted by Crippen LogP contribution is -2.12. The molecule has 6 heteroatoms. The van der Waals surface area contributed by atoms with Crippen LogP contribution in [0.1, 0.15) is 11.7 Å². The maximum Gasteiger partial charge on any atom is 0.337 e. The fourth-order valence-electron chi connectivity index (χ4n) is 1.26. The lowest BCUT2D eigenvalue weighted by atomic mass is 10.1. The number of carbonyl (C=O) groups is 1. The van der Waals surface area contributed by atoms with Crippen molar-refractivity contribution in [3.8, 4) is 11.5 Å². The third-order valence-electron chi connectivity index (χ3n) is 2.01. The highest BCUT2D eigenvalue weighted by molar-refractivity contribution is 6.32. The van der Waals surface area contributed by atoms with Crippen LogP contribution in [-0.4, -0.2) is 30.4 Å². The number of aliphatic hydroxyl groups excluding tert-OH is 1. The Bertz CT molecular complexity index is 404. The van der Waals surface area contributed by atoms with Crippen molar-refractivity contribution in [3.05, 3.63) is 22.7 Å². The van der Waals surface area contributed by atoms with Crippen LogP contribution in [0.15, 0.2) is 12.1 Å². The molecule has 0 heterocycles. The summed E-state index contributed by atoms with van der Waals surface area (Å²) in [5, 5.41) is 18.4. The van der Waals surface area contributed by atoms with Crippen molar-refractivity contribution in [1.29, 1.82) is 0 Å². The Kier molecular flexibility index (Phi) is 3.98.